The number of hydrogen-bond donors (Lipinski definition) is 2. The zero-order valence-corrected chi connectivity index (χ0v) is 10.4. The highest BCUT2D eigenvalue weighted by Gasteiger charge is 2.33. The second-order valence-electron chi connectivity index (χ2n) is 4.45. The summed E-state index contributed by atoms with van der Waals surface area (Å²) in [5.74, 6) is 0. The largest absolute Gasteiger partial charge is 0.425 e. The molecule has 1 saturated heterocycles. The fourth-order valence-electron chi connectivity index (χ4n) is 1.79. The first-order valence-corrected chi connectivity index (χ1v) is 6.42. The molecule has 2 rings (SSSR count). The van der Waals surface area contributed by atoms with Crippen molar-refractivity contribution in [3.8, 4) is 0 Å². The van der Waals surface area contributed by atoms with Gasteiger partial charge in [0, 0.05) is 26.1 Å². The van der Waals surface area contributed by atoms with Crippen molar-refractivity contribution in [1.82, 2.24) is 5.32 Å². The van der Waals surface area contributed by atoms with Crippen molar-refractivity contribution < 1.29 is 23.0 Å². The molecule has 7 heteroatoms. The maximum absolute atomic E-state index is 12.4. The minimum absolute atomic E-state index is 0.275. The third-order valence-corrected chi connectivity index (χ3v) is 3.82. The van der Waals surface area contributed by atoms with Gasteiger partial charge in [-0.2, -0.15) is 13.2 Å². The summed E-state index contributed by atoms with van der Waals surface area (Å²) in [5, 5.41) is 14.4. The average Bonchev–Trinajstić information content (AvgIpc) is 2.87. The van der Waals surface area contributed by atoms with Crippen LogP contribution in [0.25, 0.3) is 0 Å². The minimum atomic E-state index is -4.28. The van der Waals surface area contributed by atoms with Crippen LogP contribution in [0.4, 0.5) is 13.2 Å². The van der Waals surface area contributed by atoms with E-state index in [0.29, 0.717) is 43.0 Å². The Morgan fingerprint density at radius 3 is 2.83 bits per heavy atom. The average molecular weight is 281 g/mol. The van der Waals surface area contributed by atoms with E-state index in [1.165, 1.54) is 5.38 Å². The number of nitrogens with one attached hydrogen (secondary N) is 1. The second-order valence-corrected chi connectivity index (χ2v) is 5.36. The highest BCUT2D eigenvalue weighted by atomic mass is 32.1. The first-order valence-electron chi connectivity index (χ1n) is 5.55. The van der Waals surface area contributed by atoms with Crippen LogP contribution in [0, 0.1) is 0 Å². The van der Waals surface area contributed by atoms with E-state index in [2.05, 4.69) is 5.32 Å². The van der Waals surface area contributed by atoms with Crippen molar-refractivity contribution in [3.63, 3.8) is 0 Å². The fraction of sp³-hybridized carbons (Fsp3) is 0.636. The summed E-state index contributed by atoms with van der Waals surface area (Å²) >= 11 is 0.686. The first kappa shape index (κ1) is 13.8. The van der Waals surface area contributed by atoms with Crippen molar-refractivity contribution in [2.75, 3.05) is 19.8 Å². The monoisotopic (exact) mass is 281 g/mol. The Bertz CT molecular complexity index is 399. The van der Waals surface area contributed by atoms with E-state index >= 15 is 0 Å². The highest BCUT2D eigenvalue weighted by molar-refractivity contribution is 7.10. The zero-order chi connectivity index (χ0) is 13.2. The highest BCUT2D eigenvalue weighted by Crippen LogP contribution is 2.34. The summed E-state index contributed by atoms with van der Waals surface area (Å²) in [6, 6.07) is 1.13. The number of aliphatic hydroxyl groups is 1. The van der Waals surface area contributed by atoms with Gasteiger partial charge in [0.05, 0.1) is 6.61 Å². The van der Waals surface area contributed by atoms with Gasteiger partial charge in [0.25, 0.3) is 0 Å². The fourth-order valence-corrected chi connectivity index (χ4v) is 2.58. The van der Waals surface area contributed by atoms with E-state index < -0.39 is 16.7 Å². The molecule has 1 fully saturated rings. The van der Waals surface area contributed by atoms with Crippen molar-refractivity contribution in [2.24, 2.45) is 0 Å². The lowest BCUT2D eigenvalue weighted by Gasteiger charge is -2.20. The van der Waals surface area contributed by atoms with Gasteiger partial charge < -0.3 is 15.2 Å². The maximum atomic E-state index is 12.4. The molecule has 1 unspecified atom stereocenters. The predicted octanol–water partition coefficient (Wildman–Crippen LogP) is 2.01. The molecule has 2 N–H and O–H groups in total. The number of thiophene rings is 1. The number of ether oxygens (including phenoxy) is 1. The Labute approximate surface area is 107 Å². The van der Waals surface area contributed by atoms with Crippen molar-refractivity contribution in [3.05, 3.63) is 21.9 Å². The summed E-state index contributed by atoms with van der Waals surface area (Å²) < 4.78 is 42.2. The van der Waals surface area contributed by atoms with Gasteiger partial charge >= 0.3 is 6.18 Å². The quantitative estimate of drug-likeness (QED) is 0.887. The van der Waals surface area contributed by atoms with Crippen LogP contribution >= 0.6 is 11.3 Å². The Morgan fingerprint density at radius 1 is 1.50 bits per heavy atom. The molecule has 102 valence electrons. The normalized spacial score (nSPS) is 24.7. The molecule has 0 bridgehead atoms. The van der Waals surface area contributed by atoms with Crippen LogP contribution in [0.1, 0.15) is 16.9 Å². The minimum Gasteiger partial charge on any atom is -0.386 e. The standard InChI is InChI=1S/C11H14F3NO2S/c12-11(13,14)9-3-8(5-18-9)4-15-6-10(16)1-2-17-7-10/h3,5,15-16H,1-2,4,6-7H2. The van der Waals surface area contributed by atoms with Gasteiger partial charge in [-0.15, -0.1) is 11.3 Å². The Morgan fingerprint density at radius 2 is 2.28 bits per heavy atom. The summed E-state index contributed by atoms with van der Waals surface area (Å²) in [5.41, 5.74) is -0.307. The molecule has 2 heterocycles. The summed E-state index contributed by atoms with van der Waals surface area (Å²) in [4.78, 5) is -0.595. The molecule has 1 aromatic rings. The molecule has 0 aromatic carbocycles. The lowest BCUT2D eigenvalue weighted by atomic mass is 10.0. The molecule has 1 atom stereocenters. The Balaban J connectivity index is 1.82. The van der Waals surface area contributed by atoms with Crippen LogP contribution in [-0.4, -0.2) is 30.5 Å². The van der Waals surface area contributed by atoms with Crippen LogP contribution < -0.4 is 5.32 Å². The molecule has 1 aromatic heterocycles. The molecule has 0 amide bonds. The van der Waals surface area contributed by atoms with Crippen molar-refractivity contribution in [1.29, 1.82) is 0 Å². The smallest absolute Gasteiger partial charge is 0.386 e. The van der Waals surface area contributed by atoms with Crippen LogP contribution in [0.5, 0.6) is 0 Å². The van der Waals surface area contributed by atoms with Gasteiger partial charge in [-0.05, 0) is 17.0 Å². The molecule has 0 saturated carbocycles. The molecule has 1 aliphatic heterocycles. The molecular weight excluding hydrogens is 267 g/mol. The number of halogens is 3. The molecule has 0 spiro atoms. The van der Waals surface area contributed by atoms with Gasteiger partial charge in [-0.25, -0.2) is 0 Å². The van der Waals surface area contributed by atoms with E-state index in [1.807, 2.05) is 0 Å². The molecule has 0 radical (unpaired) electrons. The first-order chi connectivity index (χ1) is 8.39. The third-order valence-electron chi connectivity index (χ3n) is 2.80. The maximum Gasteiger partial charge on any atom is 0.425 e. The van der Waals surface area contributed by atoms with Gasteiger partial charge in [-0.1, -0.05) is 0 Å². The van der Waals surface area contributed by atoms with E-state index in [1.54, 1.807) is 0 Å². The van der Waals surface area contributed by atoms with Crippen molar-refractivity contribution >= 4 is 11.3 Å². The van der Waals surface area contributed by atoms with Crippen LogP contribution in [0.2, 0.25) is 0 Å². The molecule has 18 heavy (non-hydrogen) atoms. The summed E-state index contributed by atoms with van der Waals surface area (Å²) in [7, 11) is 0. The third kappa shape index (κ3) is 3.44. The number of hydrogen-bond acceptors (Lipinski definition) is 4. The molecular formula is C11H14F3NO2S. The van der Waals surface area contributed by atoms with Gasteiger partial charge in [0.15, 0.2) is 0 Å². The topological polar surface area (TPSA) is 41.5 Å². The van der Waals surface area contributed by atoms with E-state index in [9.17, 15) is 18.3 Å². The molecule has 3 nitrogen and oxygen atoms in total. The van der Waals surface area contributed by atoms with Crippen molar-refractivity contribution in [2.45, 2.75) is 24.7 Å². The van der Waals surface area contributed by atoms with Gasteiger partial charge in [0.2, 0.25) is 0 Å². The van der Waals surface area contributed by atoms with E-state index in [4.69, 9.17) is 4.74 Å². The Kier molecular flexibility index (Phi) is 3.96. The van der Waals surface area contributed by atoms with E-state index in [-0.39, 0.29) is 6.61 Å². The van der Waals surface area contributed by atoms with Gasteiger partial charge in [-0.3, -0.25) is 0 Å². The van der Waals surface area contributed by atoms with Crippen LogP contribution in [0.15, 0.2) is 11.4 Å². The molecule has 1 aliphatic rings. The predicted molar refractivity (Wildman–Crippen MR) is 61.4 cm³/mol. The zero-order valence-electron chi connectivity index (χ0n) is 9.59. The second kappa shape index (κ2) is 5.16. The van der Waals surface area contributed by atoms with E-state index in [0.717, 1.165) is 6.07 Å². The van der Waals surface area contributed by atoms with Crippen LogP contribution in [-0.2, 0) is 17.5 Å². The SMILES string of the molecule is OC1(CNCc2csc(C(F)(F)F)c2)CCOC1. The number of rotatable bonds is 4. The van der Waals surface area contributed by atoms with Crippen LogP contribution in [0.3, 0.4) is 0 Å². The number of alkyl halides is 3. The Hall–Kier alpha value is -0.630. The summed E-state index contributed by atoms with van der Waals surface area (Å²) in [6.45, 7) is 1.44. The lowest BCUT2D eigenvalue weighted by Crippen LogP contribution is -2.40. The lowest BCUT2D eigenvalue weighted by molar-refractivity contribution is -0.134. The summed E-state index contributed by atoms with van der Waals surface area (Å²) in [6.07, 6.45) is -3.72. The molecule has 0 aliphatic carbocycles. The van der Waals surface area contributed by atoms with Gasteiger partial charge in [0.1, 0.15) is 10.5 Å².